The van der Waals surface area contributed by atoms with E-state index in [0.29, 0.717) is 0 Å². The van der Waals surface area contributed by atoms with Crippen LogP contribution in [0, 0.1) is 0 Å². The highest BCUT2D eigenvalue weighted by molar-refractivity contribution is 5.83. The molecule has 0 atom stereocenters. The molecule has 1 saturated heterocycles. The summed E-state index contributed by atoms with van der Waals surface area (Å²) in [5.41, 5.74) is 20.9. The van der Waals surface area contributed by atoms with Crippen LogP contribution in [-0.2, 0) is 64.5 Å². The molecule has 0 bridgehead atoms. The monoisotopic (exact) mass is 1340 g/mol. The van der Waals surface area contributed by atoms with Gasteiger partial charge in [0.25, 0.3) is 22.2 Å². The molecule has 8 amide bonds. The Balaban J connectivity index is 0.823. The molecule has 0 radical (unpaired) electrons. The Kier molecular flexibility index (Phi) is 23.0. The molecule has 8 aromatic heterocycles. The van der Waals surface area contributed by atoms with Crippen molar-refractivity contribution in [2.75, 3.05) is 154 Å². The maximum Gasteiger partial charge on any atom is 0.280 e. The molecular weight excluding hydrogens is 1260 g/mol. The number of carbonyl (C=O) groups is 8. The van der Waals surface area contributed by atoms with E-state index in [1.807, 2.05) is 19.6 Å². The molecule has 0 saturated carbocycles. The second-order valence-electron chi connectivity index (χ2n) is 21.9. The molecule has 20 N–H and O–H groups in total. The van der Waals surface area contributed by atoms with Crippen molar-refractivity contribution < 1.29 is 38.4 Å². The molecule has 1 aliphatic rings. The molecule has 9 heterocycles. The van der Waals surface area contributed by atoms with Crippen LogP contribution < -0.4 is 87.7 Å². The Morgan fingerprint density at radius 2 is 0.469 bits per heavy atom. The average molecular weight is 1340 g/mol. The number of hydrogen-bond acceptors (Lipinski definition) is 28. The molecule has 9 rings (SSSR count). The van der Waals surface area contributed by atoms with Gasteiger partial charge in [0.2, 0.25) is 71.1 Å². The molecule has 8 aromatic rings. The maximum absolute atomic E-state index is 13.7. The lowest BCUT2D eigenvalue weighted by Crippen LogP contribution is -2.52. The summed E-state index contributed by atoms with van der Waals surface area (Å²) in [4.78, 5) is 204. The number of anilines is 4. The molecule has 0 spiro atoms. The van der Waals surface area contributed by atoms with Gasteiger partial charge in [0, 0.05) is 105 Å². The Bertz CT molecular complexity index is 3840. The zero-order chi connectivity index (χ0) is 68.4. The van der Waals surface area contributed by atoms with Crippen molar-refractivity contribution in [1.82, 2.24) is 140 Å². The summed E-state index contributed by atoms with van der Waals surface area (Å²) in [7, 11) is 0. The van der Waals surface area contributed by atoms with Gasteiger partial charge < -0.3 is 83.7 Å². The fourth-order valence-electron chi connectivity index (χ4n) is 10.1. The molecule has 0 aliphatic carbocycles. The Labute approximate surface area is 539 Å². The van der Waals surface area contributed by atoms with Gasteiger partial charge in [-0.1, -0.05) is 0 Å². The predicted molar refractivity (Wildman–Crippen MR) is 340 cm³/mol. The quantitative estimate of drug-likeness (QED) is 0.0203. The number of H-pyrrole nitrogens is 4. The van der Waals surface area contributed by atoms with E-state index < -0.39 is 69.5 Å². The van der Waals surface area contributed by atoms with Crippen LogP contribution in [-0.4, -0.2) is 276 Å². The zero-order valence-electron chi connectivity index (χ0n) is 51.6. The van der Waals surface area contributed by atoms with Crippen LogP contribution in [0.4, 0.5) is 23.8 Å². The first-order valence-electron chi connectivity index (χ1n) is 30.0. The molecule has 1 aliphatic heterocycles. The third kappa shape index (κ3) is 19.2. The SMILES string of the molecule is Nc1nc2c(ncn2CC(=O)NCCNC(=O)CN2CCN(CC(=O)NCCNC(=O)Cn3cnc4c(=O)[nH]c(N)nc43)CCN(CC(=O)NCCNC(=O)Cn3cnc4c(=O)[nH]c(N)nc43)CCN(CC(=O)NCCNC(=O)Cn3cnc4c(=O)[nH]c(N)nc43)CC2)c(=O)[nH]1. The molecule has 0 unspecified atom stereocenters. The zero-order valence-corrected chi connectivity index (χ0v) is 51.6. The third-order valence-corrected chi connectivity index (χ3v) is 14.7. The summed E-state index contributed by atoms with van der Waals surface area (Å²) in [6.07, 6.45) is 5.12. The summed E-state index contributed by atoms with van der Waals surface area (Å²) in [5, 5.41) is 22.1. The highest BCUT2D eigenvalue weighted by Crippen LogP contribution is 2.10. The van der Waals surface area contributed by atoms with Gasteiger partial charge in [-0.25, -0.2) is 19.9 Å². The maximum atomic E-state index is 13.7. The molecule has 44 nitrogen and oxygen atoms in total. The lowest BCUT2D eigenvalue weighted by atomic mass is 10.3. The van der Waals surface area contributed by atoms with E-state index in [9.17, 15) is 57.5 Å². The molecule has 44 heteroatoms. The van der Waals surface area contributed by atoms with Crippen molar-refractivity contribution in [3.8, 4) is 0 Å². The first-order valence-corrected chi connectivity index (χ1v) is 30.0. The Hall–Kier alpha value is -11.8. The molecule has 0 aromatic carbocycles. The van der Waals surface area contributed by atoms with Crippen LogP contribution in [0.15, 0.2) is 44.5 Å². The van der Waals surface area contributed by atoms with Crippen LogP contribution in [0.25, 0.3) is 44.7 Å². The Morgan fingerprint density at radius 3 is 0.646 bits per heavy atom. The van der Waals surface area contributed by atoms with Crippen molar-refractivity contribution >= 4 is 116 Å². The smallest absolute Gasteiger partial charge is 0.280 e. The van der Waals surface area contributed by atoms with Crippen molar-refractivity contribution in [1.29, 1.82) is 0 Å². The second-order valence-corrected chi connectivity index (χ2v) is 21.9. The van der Waals surface area contributed by atoms with Crippen LogP contribution in [0.3, 0.4) is 0 Å². The number of aromatic nitrogens is 16. The van der Waals surface area contributed by atoms with Gasteiger partial charge in [-0.3, -0.25) is 97.1 Å². The van der Waals surface area contributed by atoms with Gasteiger partial charge in [0.1, 0.15) is 26.2 Å². The van der Waals surface area contributed by atoms with Crippen LogP contribution in [0.2, 0.25) is 0 Å². The highest BCUT2D eigenvalue weighted by atomic mass is 16.2. The number of imidazole rings is 4. The number of hydrogen-bond donors (Lipinski definition) is 16. The average Bonchev–Trinajstić information content (AvgIpc) is 1.68. The lowest BCUT2D eigenvalue weighted by Gasteiger charge is -2.33. The number of fused-ring (bicyclic) bond motifs is 4. The third-order valence-electron chi connectivity index (χ3n) is 14.7. The van der Waals surface area contributed by atoms with Crippen LogP contribution >= 0.6 is 0 Å². The van der Waals surface area contributed by atoms with Crippen LogP contribution in [0.5, 0.6) is 0 Å². The minimum absolute atomic E-state index is 0.000415. The first-order chi connectivity index (χ1) is 46.1. The minimum Gasteiger partial charge on any atom is -0.369 e. The van der Waals surface area contributed by atoms with Gasteiger partial charge >= 0.3 is 0 Å². The summed E-state index contributed by atoms with van der Waals surface area (Å²) in [6, 6.07) is 0. The van der Waals surface area contributed by atoms with Crippen LogP contribution in [0.1, 0.15) is 0 Å². The number of nitrogens with zero attached hydrogens (tertiary/aromatic N) is 16. The fraction of sp³-hybridized carbons (Fsp3) is 0.462. The van der Waals surface area contributed by atoms with Gasteiger partial charge in [-0.2, -0.15) is 19.9 Å². The Morgan fingerprint density at radius 1 is 0.302 bits per heavy atom. The fourth-order valence-corrected chi connectivity index (χ4v) is 10.1. The summed E-state index contributed by atoms with van der Waals surface area (Å²) < 4.78 is 5.41. The predicted octanol–water partition coefficient (Wildman–Crippen LogP) is -11.0. The van der Waals surface area contributed by atoms with Crippen molar-refractivity contribution in [2.45, 2.75) is 26.2 Å². The largest absolute Gasteiger partial charge is 0.369 e. The number of nitrogen functional groups attached to an aromatic ring is 4. The number of nitrogens with two attached hydrogens (primary N) is 4. The van der Waals surface area contributed by atoms with Gasteiger partial charge in [0.05, 0.1) is 51.5 Å². The van der Waals surface area contributed by atoms with E-state index in [4.69, 9.17) is 22.9 Å². The molecule has 512 valence electrons. The normalized spacial score (nSPS) is 13.8. The van der Waals surface area contributed by atoms with Crippen molar-refractivity contribution in [3.05, 3.63) is 66.7 Å². The summed E-state index contributed by atoms with van der Waals surface area (Å²) >= 11 is 0. The van der Waals surface area contributed by atoms with Crippen molar-refractivity contribution in [2.24, 2.45) is 0 Å². The summed E-state index contributed by atoms with van der Waals surface area (Å²) in [5.74, 6) is -4.13. The second kappa shape index (κ2) is 32.2. The van der Waals surface area contributed by atoms with E-state index in [-0.39, 0.29) is 226 Å². The standard InChI is InChI=1S/C52H72N32O12/c53-49-69-41-37(45(93)73-49)65-25-81(41)21-33(89)61-5-1-57-29(85)17-77-9-11-78(18-30(86)58-2-6-62-34(90)22-82-26-66-38-42(82)70-50(54)74-46(38)94)13-15-80(20-32(88)60-4-8-64-36(92)24-84-28-68-40-44(84)72-52(56)76-48(40)96)16-14-79(12-10-77)19-31(87)59-3-7-63-35(91)23-83-27-67-39-43(83)71-51(55)75-47(39)95/h25-28H,1-24H2,(H,57,85)(H,58,86)(H,59,87)(H,60,88)(H,61,89)(H,62,90)(H,63,91)(H,64,92)(H3,53,69,73,93)(H3,54,70,74,94)(H3,55,71,75,95)(H3,56,72,76,96). The molecule has 96 heavy (non-hydrogen) atoms. The topological polar surface area (TPSA) is 604 Å². The molecular formula is C52H72N32O12. The number of aromatic amines is 4. The van der Waals surface area contributed by atoms with Crippen molar-refractivity contribution in [3.63, 3.8) is 0 Å². The number of rotatable bonds is 28. The minimum atomic E-state index is -0.567. The number of amides is 8. The molecule has 1 fully saturated rings. The number of carbonyl (C=O) groups excluding carboxylic acids is 8. The highest BCUT2D eigenvalue weighted by Gasteiger charge is 2.24. The van der Waals surface area contributed by atoms with E-state index in [2.05, 4.69) is 102 Å². The van der Waals surface area contributed by atoms with E-state index in [0.717, 1.165) is 0 Å². The van der Waals surface area contributed by atoms with E-state index in [1.165, 1.54) is 43.6 Å². The lowest BCUT2D eigenvalue weighted by molar-refractivity contribution is -0.125. The van der Waals surface area contributed by atoms with E-state index in [1.54, 1.807) is 0 Å². The summed E-state index contributed by atoms with van der Waals surface area (Å²) in [6.45, 7) is 0.276. The first kappa shape index (κ1) is 68.6. The number of nitrogens with one attached hydrogen (secondary N) is 12. The van der Waals surface area contributed by atoms with Gasteiger partial charge in [-0.15, -0.1) is 0 Å². The van der Waals surface area contributed by atoms with Gasteiger partial charge in [0.15, 0.2) is 44.7 Å². The van der Waals surface area contributed by atoms with Gasteiger partial charge in [-0.05, 0) is 0 Å². The van der Waals surface area contributed by atoms with E-state index >= 15 is 0 Å².